The van der Waals surface area contributed by atoms with Gasteiger partial charge in [0, 0.05) is 18.8 Å². The molecule has 4 aliphatic carbocycles. The molecule has 3 fully saturated rings. The Balaban J connectivity index is 1.65. The number of ether oxygens (including phenoxy) is 1. The lowest BCUT2D eigenvalue weighted by atomic mass is 9.43. The van der Waals surface area contributed by atoms with E-state index in [1.165, 1.54) is 25.5 Å². The van der Waals surface area contributed by atoms with E-state index in [0.717, 1.165) is 25.7 Å². The fraction of sp³-hybridized carbons (Fsp3) is 0.852. The third-order valence-corrected chi connectivity index (χ3v) is 10.9. The minimum absolute atomic E-state index is 0.0397. The van der Waals surface area contributed by atoms with Crippen molar-refractivity contribution in [2.75, 3.05) is 0 Å². The van der Waals surface area contributed by atoms with Gasteiger partial charge in [0.05, 0.1) is 5.76 Å². The van der Waals surface area contributed by atoms with E-state index in [-0.39, 0.29) is 17.2 Å². The van der Waals surface area contributed by atoms with Crippen LogP contribution < -0.4 is 0 Å². The van der Waals surface area contributed by atoms with E-state index in [0.29, 0.717) is 41.4 Å². The van der Waals surface area contributed by atoms with E-state index >= 15 is 0 Å². The molecule has 0 heterocycles. The lowest BCUT2D eigenvalue weighted by molar-refractivity contribution is -0.191. The number of hydrogen-bond donors (Lipinski definition) is 0. The number of allylic oxidation sites excluding steroid dienone is 2. The topological polar surface area (TPSA) is 52.6 Å². The first-order valence-corrected chi connectivity index (χ1v) is 16.2. The monoisotopic (exact) mass is 460 g/mol. The predicted octanol–water partition coefficient (Wildman–Crippen LogP) is 6.51. The molecule has 4 nitrogen and oxygen atoms in total. The van der Waals surface area contributed by atoms with Gasteiger partial charge >= 0.3 is 5.97 Å². The Morgan fingerprint density at radius 3 is 2.28 bits per heavy atom. The first-order chi connectivity index (χ1) is 14.7. The molecule has 0 aliphatic heterocycles. The molecule has 0 N–H and O–H groups in total. The van der Waals surface area contributed by atoms with Crippen LogP contribution in [0, 0.1) is 40.4 Å². The van der Waals surface area contributed by atoms with Crippen LogP contribution in [-0.2, 0) is 18.8 Å². The van der Waals surface area contributed by atoms with Crippen molar-refractivity contribution >= 4 is 20.1 Å². The van der Waals surface area contributed by atoms with Gasteiger partial charge in [-0.05, 0) is 106 Å². The minimum Gasteiger partial charge on any atom is -0.548 e. The van der Waals surface area contributed by atoms with E-state index in [1.54, 1.807) is 6.92 Å². The van der Waals surface area contributed by atoms with Gasteiger partial charge < -0.3 is 9.16 Å². The van der Waals surface area contributed by atoms with Crippen molar-refractivity contribution < 1.29 is 18.8 Å². The van der Waals surface area contributed by atoms with Crippen LogP contribution in [0.5, 0.6) is 0 Å². The average molecular weight is 461 g/mol. The number of carbonyl (C=O) groups is 2. The van der Waals surface area contributed by atoms with Gasteiger partial charge in [-0.1, -0.05) is 20.8 Å². The highest BCUT2D eigenvalue weighted by atomic mass is 28.4. The summed E-state index contributed by atoms with van der Waals surface area (Å²) < 4.78 is 12.4. The standard InChI is InChI=1S/C27H44O4Si/c1-17-15-21-22(25(4)12-9-20(16-24(17)25)31-32(6,7)8)10-13-26(5)23(21)11-14-27(26,18(2)28)30-19(3)29/h16-17,21-24H,9-15H2,1-8H3/t17?,21-,22+,23+,24?,25-,26+,27+/m1/s1. The second-order valence-corrected chi connectivity index (χ2v) is 17.4. The van der Waals surface area contributed by atoms with Gasteiger partial charge in [0.2, 0.25) is 8.32 Å². The van der Waals surface area contributed by atoms with Gasteiger partial charge in [0.15, 0.2) is 11.4 Å². The van der Waals surface area contributed by atoms with E-state index in [9.17, 15) is 9.59 Å². The quantitative estimate of drug-likeness (QED) is 0.354. The van der Waals surface area contributed by atoms with Crippen molar-refractivity contribution in [2.45, 2.75) is 105 Å². The summed E-state index contributed by atoms with van der Waals surface area (Å²) in [6.07, 6.45) is 9.76. The summed E-state index contributed by atoms with van der Waals surface area (Å²) in [7, 11) is -1.59. The molecule has 32 heavy (non-hydrogen) atoms. The van der Waals surface area contributed by atoms with E-state index < -0.39 is 13.9 Å². The minimum atomic E-state index is -1.59. The molecule has 0 aromatic heterocycles. The molecule has 0 aromatic carbocycles. The Morgan fingerprint density at radius 1 is 1.03 bits per heavy atom. The van der Waals surface area contributed by atoms with Gasteiger partial charge in [-0.2, -0.15) is 0 Å². The second kappa shape index (κ2) is 7.71. The molecule has 5 heteroatoms. The van der Waals surface area contributed by atoms with E-state index in [1.807, 2.05) is 0 Å². The van der Waals surface area contributed by atoms with Crippen molar-refractivity contribution in [3.63, 3.8) is 0 Å². The third kappa shape index (κ3) is 3.52. The fourth-order valence-corrected chi connectivity index (χ4v) is 9.79. The number of rotatable bonds is 4. The van der Waals surface area contributed by atoms with Crippen molar-refractivity contribution in [2.24, 2.45) is 40.4 Å². The molecular weight excluding hydrogens is 416 g/mol. The highest BCUT2D eigenvalue weighted by Gasteiger charge is 2.68. The molecule has 0 spiro atoms. The van der Waals surface area contributed by atoms with Crippen LogP contribution in [0.15, 0.2) is 11.8 Å². The lowest BCUT2D eigenvalue weighted by Gasteiger charge is -2.62. The Labute approximate surface area is 196 Å². The molecule has 0 bridgehead atoms. The maximum Gasteiger partial charge on any atom is 0.303 e. The largest absolute Gasteiger partial charge is 0.548 e. The summed E-state index contributed by atoms with van der Waals surface area (Å²) in [5.74, 6) is 3.86. The maximum absolute atomic E-state index is 12.9. The average Bonchev–Trinajstić information content (AvgIpc) is 2.95. The first-order valence-electron chi connectivity index (χ1n) is 12.8. The van der Waals surface area contributed by atoms with Crippen molar-refractivity contribution in [1.82, 2.24) is 0 Å². The molecule has 4 rings (SSSR count). The van der Waals surface area contributed by atoms with Gasteiger partial charge in [0.1, 0.15) is 0 Å². The van der Waals surface area contributed by atoms with Crippen LogP contribution >= 0.6 is 0 Å². The van der Waals surface area contributed by atoms with Crippen LogP contribution in [0.4, 0.5) is 0 Å². The van der Waals surface area contributed by atoms with E-state index in [2.05, 4.69) is 46.5 Å². The third-order valence-electron chi connectivity index (χ3n) is 10.0. The zero-order valence-corrected chi connectivity index (χ0v) is 22.5. The number of fused-ring (bicyclic) bond motifs is 5. The SMILES string of the molecule is CC(=O)O[C@]1(C(C)=O)CC[C@H]2[C@@H]3CC(C)C4C=C(O[Si](C)(C)C)CC[C@]4(C)[C@H]3CC[C@@]21C. The van der Waals surface area contributed by atoms with Crippen molar-refractivity contribution in [3.8, 4) is 0 Å². The molecule has 180 valence electrons. The molecule has 0 radical (unpaired) electrons. The number of hydrogen-bond acceptors (Lipinski definition) is 4. The molecule has 0 saturated heterocycles. The molecule has 4 aliphatic rings. The molecule has 2 unspecified atom stereocenters. The van der Waals surface area contributed by atoms with Crippen molar-refractivity contribution in [1.29, 1.82) is 0 Å². The van der Waals surface area contributed by atoms with Crippen LogP contribution in [0.1, 0.15) is 79.6 Å². The van der Waals surface area contributed by atoms with Crippen LogP contribution in [0.2, 0.25) is 19.6 Å². The summed E-state index contributed by atoms with van der Waals surface area (Å²) in [6.45, 7) is 17.1. The summed E-state index contributed by atoms with van der Waals surface area (Å²) >= 11 is 0. The first kappa shape index (κ1) is 24.0. The Bertz CT molecular complexity index is 828. The molecule has 0 aromatic rings. The smallest absolute Gasteiger partial charge is 0.303 e. The van der Waals surface area contributed by atoms with Crippen LogP contribution in [0.25, 0.3) is 0 Å². The van der Waals surface area contributed by atoms with Crippen LogP contribution in [0.3, 0.4) is 0 Å². The summed E-state index contributed by atoms with van der Waals surface area (Å²) in [5.41, 5.74) is -0.885. The normalized spacial score (nSPS) is 45.8. The summed E-state index contributed by atoms with van der Waals surface area (Å²) in [4.78, 5) is 25.0. The predicted molar refractivity (Wildman–Crippen MR) is 129 cm³/mol. The molecular formula is C27H44O4Si. The zero-order chi connectivity index (χ0) is 23.7. The number of ketones is 1. The second-order valence-electron chi connectivity index (χ2n) is 12.9. The highest BCUT2D eigenvalue weighted by molar-refractivity contribution is 6.70. The van der Waals surface area contributed by atoms with Crippen LogP contribution in [-0.4, -0.2) is 25.7 Å². The molecule has 3 saturated carbocycles. The number of carbonyl (C=O) groups excluding carboxylic acids is 2. The highest BCUT2D eigenvalue weighted by Crippen LogP contribution is 2.69. The Hall–Kier alpha value is -1.10. The van der Waals surface area contributed by atoms with Gasteiger partial charge in [-0.15, -0.1) is 0 Å². The van der Waals surface area contributed by atoms with Gasteiger partial charge in [-0.3, -0.25) is 9.59 Å². The summed E-state index contributed by atoms with van der Waals surface area (Å²) in [5, 5.41) is 0. The summed E-state index contributed by atoms with van der Waals surface area (Å²) in [6, 6.07) is 0. The molecule has 8 atom stereocenters. The fourth-order valence-electron chi connectivity index (χ4n) is 8.83. The maximum atomic E-state index is 12.9. The Morgan fingerprint density at radius 2 is 1.69 bits per heavy atom. The number of esters is 1. The number of Topliss-reactive ketones (excluding diaryl/α,β-unsaturated/α-hetero) is 1. The lowest BCUT2D eigenvalue weighted by Crippen LogP contribution is -2.60. The van der Waals surface area contributed by atoms with Gasteiger partial charge in [-0.25, -0.2) is 0 Å². The zero-order valence-electron chi connectivity index (χ0n) is 21.5. The van der Waals surface area contributed by atoms with E-state index in [4.69, 9.17) is 9.16 Å². The molecule has 0 amide bonds. The van der Waals surface area contributed by atoms with Gasteiger partial charge in [0.25, 0.3) is 0 Å². The van der Waals surface area contributed by atoms with Crippen molar-refractivity contribution in [3.05, 3.63) is 11.8 Å². The Kier molecular flexibility index (Phi) is 5.79.